The highest BCUT2D eigenvalue weighted by molar-refractivity contribution is 5.66. The molecule has 0 amide bonds. The third-order valence-corrected chi connectivity index (χ3v) is 9.38. The largest absolute Gasteiger partial charge is 0.463 e. The van der Waals surface area contributed by atoms with Crippen LogP contribution in [0.15, 0.2) is 11.1 Å². The number of allylic oxidation sites excluding steroid dienone is 1. The van der Waals surface area contributed by atoms with E-state index in [1.165, 1.54) is 19.4 Å². The fraction of sp³-hybridized carbons (Fsp3) is 0.840. The van der Waals surface area contributed by atoms with Crippen LogP contribution in [0.25, 0.3) is 0 Å². The molecule has 4 rings (SSSR count). The first-order chi connectivity index (χ1) is 14.1. The molecule has 8 atom stereocenters. The third-order valence-electron chi connectivity index (χ3n) is 9.38. The molecule has 0 aromatic carbocycles. The summed E-state index contributed by atoms with van der Waals surface area (Å²) in [7, 11) is 0. The Morgan fingerprint density at radius 3 is 2.47 bits per heavy atom. The van der Waals surface area contributed by atoms with Gasteiger partial charge in [0.15, 0.2) is 0 Å². The molecule has 4 aliphatic carbocycles. The molecule has 0 aliphatic heterocycles. The second-order valence-electron chi connectivity index (χ2n) is 10.8. The normalized spacial score (nSPS) is 43.9. The molecule has 4 aliphatic rings. The van der Waals surface area contributed by atoms with Gasteiger partial charge in [-0.2, -0.15) is 0 Å². The Bertz CT molecular complexity index is 757. The third kappa shape index (κ3) is 3.32. The quantitative estimate of drug-likeness (QED) is 0.537. The maximum Gasteiger partial charge on any atom is 0.302 e. The van der Waals surface area contributed by atoms with Crippen LogP contribution in [0.2, 0.25) is 0 Å². The van der Waals surface area contributed by atoms with E-state index in [1.54, 1.807) is 5.57 Å². The van der Waals surface area contributed by atoms with E-state index in [1.807, 2.05) is 6.92 Å². The van der Waals surface area contributed by atoms with E-state index < -0.39 is 6.10 Å². The Labute approximate surface area is 180 Å². The standard InChI is InChI=1S/C25H38O5/c1-14(29-15(2)26)20-8-9-21-19-7-6-17-12-18(30-16(3)27)10-11-24(17,4)22(19)13-23(28)25(20,21)5/h14,17-18,20,22-23,28H,6-13H2,1-5H3. The average molecular weight is 419 g/mol. The molecule has 1 N–H and O–H groups in total. The summed E-state index contributed by atoms with van der Waals surface area (Å²) in [6, 6.07) is 0. The number of fused-ring (bicyclic) bond motifs is 4. The van der Waals surface area contributed by atoms with E-state index in [2.05, 4.69) is 13.8 Å². The van der Waals surface area contributed by atoms with Gasteiger partial charge in [-0.05, 0) is 75.5 Å². The van der Waals surface area contributed by atoms with E-state index in [0.717, 1.165) is 51.4 Å². The number of esters is 2. The second kappa shape index (κ2) is 7.65. The first-order valence-electron chi connectivity index (χ1n) is 11.8. The first kappa shape index (κ1) is 21.9. The molecule has 0 aromatic heterocycles. The van der Waals surface area contributed by atoms with Crippen molar-refractivity contribution in [2.75, 3.05) is 0 Å². The number of carbonyl (C=O) groups excluding carboxylic acids is 2. The summed E-state index contributed by atoms with van der Waals surface area (Å²) >= 11 is 0. The molecule has 3 fully saturated rings. The Balaban J connectivity index is 1.62. The minimum absolute atomic E-state index is 0.0500. The number of rotatable bonds is 3. The molecule has 0 aromatic rings. The summed E-state index contributed by atoms with van der Waals surface area (Å²) in [5.41, 5.74) is 2.92. The lowest BCUT2D eigenvalue weighted by Crippen LogP contribution is -2.53. The van der Waals surface area contributed by atoms with Crippen molar-refractivity contribution in [2.24, 2.45) is 28.6 Å². The number of carbonyl (C=O) groups is 2. The summed E-state index contributed by atoms with van der Waals surface area (Å²) in [5.74, 6) is 0.706. The fourth-order valence-electron chi connectivity index (χ4n) is 7.89. The van der Waals surface area contributed by atoms with E-state index in [9.17, 15) is 14.7 Å². The van der Waals surface area contributed by atoms with E-state index >= 15 is 0 Å². The molecule has 168 valence electrons. The predicted octanol–water partition coefficient (Wildman–Crippen LogP) is 4.56. The van der Waals surface area contributed by atoms with Crippen LogP contribution in [0.5, 0.6) is 0 Å². The number of ether oxygens (including phenoxy) is 2. The molecule has 0 saturated heterocycles. The van der Waals surface area contributed by atoms with E-state index in [-0.39, 0.29) is 40.9 Å². The SMILES string of the molecule is CC(=O)OC1CCC2(C)C(CCC3=C4CCC(C(C)OC(C)=O)C4(C)C(O)CC32)C1. The van der Waals surface area contributed by atoms with Crippen molar-refractivity contribution in [1.29, 1.82) is 0 Å². The van der Waals surface area contributed by atoms with Gasteiger partial charge < -0.3 is 14.6 Å². The van der Waals surface area contributed by atoms with Crippen molar-refractivity contribution >= 4 is 11.9 Å². The molecule has 30 heavy (non-hydrogen) atoms. The zero-order valence-corrected chi connectivity index (χ0v) is 19.2. The second-order valence-corrected chi connectivity index (χ2v) is 10.8. The van der Waals surface area contributed by atoms with Crippen LogP contribution in [-0.4, -0.2) is 35.4 Å². The van der Waals surface area contributed by atoms with Gasteiger partial charge >= 0.3 is 11.9 Å². The van der Waals surface area contributed by atoms with Gasteiger partial charge in [0.25, 0.3) is 0 Å². The van der Waals surface area contributed by atoms with Crippen molar-refractivity contribution < 1.29 is 24.2 Å². The Hall–Kier alpha value is -1.36. The van der Waals surface area contributed by atoms with Crippen LogP contribution in [-0.2, 0) is 19.1 Å². The molecule has 0 spiro atoms. The van der Waals surface area contributed by atoms with Crippen molar-refractivity contribution in [3.8, 4) is 0 Å². The van der Waals surface area contributed by atoms with Crippen molar-refractivity contribution in [2.45, 2.75) is 104 Å². The van der Waals surface area contributed by atoms with Crippen LogP contribution < -0.4 is 0 Å². The van der Waals surface area contributed by atoms with E-state index in [4.69, 9.17) is 9.47 Å². The maximum absolute atomic E-state index is 11.5. The smallest absolute Gasteiger partial charge is 0.302 e. The molecule has 3 saturated carbocycles. The summed E-state index contributed by atoms with van der Waals surface area (Å²) in [4.78, 5) is 23.0. The lowest BCUT2D eigenvalue weighted by atomic mass is 9.48. The number of hydrogen-bond acceptors (Lipinski definition) is 5. The van der Waals surface area contributed by atoms with Crippen molar-refractivity contribution in [3.63, 3.8) is 0 Å². The Kier molecular flexibility index (Phi) is 5.57. The van der Waals surface area contributed by atoms with Crippen molar-refractivity contribution in [1.82, 2.24) is 0 Å². The minimum atomic E-state index is -0.409. The van der Waals surface area contributed by atoms with Gasteiger partial charge in [-0.3, -0.25) is 9.59 Å². The Morgan fingerprint density at radius 2 is 1.80 bits per heavy atom. The van der Waals surface area contributed by atoms with Crippen LogP contribution in [0, 0.1) is 28.6 Å². The molecule has 5 heteroatoms. The number of hydrogen-bond donors (Lipinski definition) is 1. The molecular weight excluding hydrogens is 380 g/mol. The van der Waals surface area contributed by atoms with Crippen LogP contribution in [0.1, 0.15) is 86.0 Å². The summed E-state index contributed by atoms with van der Waals surface area (Å²) in [6.07, 6.45) is 7.39. The lowest BCUT2D eigenvalue weighted by Gasteiger charge is -2.58. The summed E-state index contributed by atoms with van der Waals surface area (Å²) < 4.78 is 11.1. The molecule has 0 bridgehead atoms. The van der Waals surface area contributed by atoms with Gasteiger partial charge in [-0.25, -0.2) is 0 Å². The number of aliphatic hydroxyl groups is 1. The first-order valence-corrected chi connectivity index (χ1v) is 11.8. The fourth-order valence-corrected chi connectivity index (χ4v) is 7.89. The molecule has 8 unspecified atom stereocenters. The maximum atomic E-state index is 11.5. The highest BCUT2D eigenvalue weighted by Gasteiger charge is 2.59. The molecule has 0 radical (unpaired) electrons. The predicted molar refractivity (Wildman–Crippen MR) is 113 cm³/mol. The highest BCUT2D eigenvalue weighted by Crippen LogP contribution is 2.65. The van der Waals surface area contributed by atoms with Crippen molar-refractivity contribution in [3.05, 3.63) is 11.1 Å². The summed E-state index contributed by atoms with van der Waals surface area (Å²) in [5, 5.41) is 11.5. The van der Waals surface area contributed by atoms with Gasteiger partial charge in [-0.1, -0.05) is 25.0 Å². The topological polar surface area (TPSA) is 72.8 Å². The van der Waals surface area contributed by atoms with E-state index in [0.29, 0.717) is 11.8 Å². The van der Waals surface area contributed by atoms with Gasteiger partial charge in [0.2, 0.25) is 0 Å². The van der Waals surface area contributed by atoms with Gasteiger partial charge in [0, 0.05) is 25.2 Å². The average Bonchev–Trinajstić information content (AvgIpc) is 3.01. The van der Waals surface area contributed by atoms with Crippen LogP contribution in [0.4, 0.5) is 0 Å². The molecular formula is C25H38O5. The zero-order chi connectivity index (χ0) is 21.8. The van der Waals surface area contributed by atoms with Gasteiger partial charge in [0.1, 0.15) is 12.2 Å². The lowest BCUT2D eigenvalue weighted by molar-refractivity contribution is -0.155. The van der Waals surface area contributed by atoms with Crippen LogP contribution >= 0.6 is 0 Å². The molecule has 5 nitrogen and oxygen atoms in total. The van der Waals surface area contributed by atoms with Gasteiger partial charge in [0.05, 0.1) is 6.10 Å². The van der Waals surface area contributed by atoms with Gasteiger partial charge in [-0.15, -0.1) is 0 Å². The zero-order valence-electron chi connectivity index (χ0n) is 19.2. The minimum Gasteiger partial charge on any atom is -0.463 e. The number of aliphatic hydroxyl groups excluding tert-OH is 1. The molecule has 0 heterocycles. The Morgan fingerprint density at radius 1 is 1.07 bits per heavy atom. The monoisotopic (exact) mass is 418 g/mol. The highest BCUT2D eigenvalue weighted by atomic mass is 16.5. The van der Waals surface area contributed by atoms with Crippen LogP contribution in [0.3, 0.4) is 0 Å². The summed E-state index contributed by atoms with van der Waals surface area (Å²) in [6.45, 7) is 9.57.